The summed E-state index contributed by atoms with van der Waals surface area (Å²) in [6, 6.07) is 5.62. The van der Waals surface area contributed by atoms with Crippen LogP contribution < -0.4 is 5.32 Å². The van der Waals surface area contributed by atoms with E-state index in [-0.39, 0.29) is 0 Å². The molecule has 0 radical (unpaired) electrons. The predicted molar refractivity (Wildman–Crippen MR) is 60.6 cm³/mol. The summed E-state index contributed by atoms with van der Waals surface area (Å²) in [6.07, 6.45) is 0. The fourth-order valence-electron chi connectivity index (χ4n) is 1.30. The minimum Gasteiger partial charge on any atom is -0.507 e. The molecule has 3 heteroatoms. The van der Waals surface area contributed by atoms with Crippen LogP contribution in [0.4, 0.5) is 0 Å². The number of aryl methyl sites for hydroxylation is 1. The molecule has 0 amide bonds. The van der Waals surface area contributed by atoms with E-state index in [2.05, 4.69) is 5.32 Å². The number of nitrogens with one attached hydrogen (secondary N) is 1. The van der Waals surface area contributed by atoms with E-state index in [0.717, 1.165) is 16.7 Å². The lowest BCUT2D eigenvalue weighted by Crippen LogP contribution is -2.09. The van der Waals surface area contributed by atoms with E-state index >= 15 is 0 Å². The highest BCUT2D eigenvalue weighted by molar-refractivity contribution is 6.28. The molecule has 0 bridgehead atoms. The zero-order chi connectivity index (χ0) is 10.6. The summed E-state index contributed by atoms with van der Waals surface area (Å²) < 4.78 is 0. The van der Waals surface area contributed by atoms with Gasteiger partial charge in [0.1, 0.15) is 5.75 Å². The van der Waals surface area contributed by atoms with Gasteiger partial charge in [-0.15, -0.1) is 0 Å². The number of halogens is 1. The van der Waals surface area contributed by atoms with Crippen molar-refractivity contribution >= 4 is 17.2 Å². The highest BCUT2D eigenvalue weighted by Gasteiger charge is 2.07. The maximum atomic E-state index is 9.80. The zero-order valence-electron chi connectivity index (χ0n) is 8.34. The van der Waals surface area contributed by atoms with Crippen LogP contribution in [0.5, 0.6) is 5.75 Å². The molecule has 0 fully saturated rings. The summed E-state index contributed by atoms with van der Waals surface area (Å²) in [7, 11) is 1.84. The van der Waals surface area contributed by atoms with Gasteiger partial charge in [0.05, 0.1) is 0 Å². The van der Waals surface area contributed by atoms with Crippen molar-refractivity contribution in [1.82, 2.24) is 5.32 Å². The Kier molecular flexibility index (Phi) is 3.98. The molecule has 0 aliphatic carbocycles. The summed E-state index contributed by atoms with van der Waals surface area (Å²) in [5.41, 5.74) is 4.02. The summed E-state index contributed by atoms with van der Waals surface area (Å²) in [5, 5.41) is 12.8. The number of rotatable bonds is 3. The summed E-state index contributed by atoms with van der Waals surface area (Å²) in [6.45, 7) is 2.50. The number of phenols is 1. The second-order valence-corrected chi connectivity index (χ2v) is 3.35. The molecule has 1 aromatic carbocycles. The van der Waals surface area contributed by atoms with E-state index < -0.39 is 0 Å². The summed E-state index contributed by atoms with van der Waals surface area (Å²) in [4.78, 5) is 0. The molecule has 2 N–H and O–H groups in total. The van der Waals surface area contributed by atoms with Gasteiger partial charge in [0.25, 0.3) is 0 Å². The van der Waals surface area contributed by atoms with Crippen molar-refractivity contribution in [3.8, 4) is 5.75 Å². The number of aromatic hydroxyl groups is 1. The van der Waals surface area contributed by atoms with Gasteiger partial charge in [0, 0.05) is 17.6 Å². The van der Waals surface area contributed by atoms with Crippen LogP contribution in [0.1, 0.15) is 11.1 Å². The van der Waals surface area contributed by atoms with E-state index in [9.17, 15) is 5.11 Å². The number of hydrogen-bond acceptors (Lipinski definition) is 2. The molecule has 0 saturated carbocycles. The van der Waals surface area contributed by atoms with Crippen LogP contribution in [-0.4, -0.2) is 18.7 Å². The summed E-state index contributed by atoms with van der Waals surface area (Å²) in [5.74, 6) is 0.301. The molecule has 0 aromatic heterocycles. The minimum absolute atomic E-state index is 0.301. The maximum Gasteiger partial charge on any atom is 0.126 e. The van der Waals surface area contributed by atoms with Gasteiger partial charge in [-0.1, -0.05) is 29.8 Å². The molecule has 14 heavy (non-hydrogen) atoms. The molecular weight excluding hydrogens is 198 g/mol. The average molecular weight is 212 g/mol. The number of hydrogen-bond donors (Lipinski definition) is 2. The molecule has 0 aliphatic heterocycles. The monoisotopic (exact) mass is 211 g/mol. The van der Waals surface area contributed by atoms with E-state index in [0.29, 0.717) is 12.3 Å². The molecule has 1 rings (SSSR count). The van der Waals surface area contributed by atoms with Crippen molar-refractivity contribution in [1.29, 1.82) is 0 Å². The molecule has 0 unspecified atom stereocenters. The van der Waals surface area contributed by atoms with Gasteiger partial charge in [0.2, 0.25) is 0 Å². The lowest BCUT2D eigenvalue weighted by molar-refractivity contribution is 0.469. The first-order valence-electron chi connectivity index (χ1n) is 4.43. The van der Waals surface area contributed by atoms with Crippen LogP contribution in [0, 0.1) is 6.92 Å². The molecule has 0 aliphatic rings. The van der Waals surface area contributed by atoms with Crippen LogP contribution in [-0.2, 0) is 0 Å². The Balaban J connectivity index is 3.11. The molecule has 76 valence electrons. The minimum atomic E-state index is 0.301. The highest BCUT2D eigenvalue weighted by Crippen LogP contribution is 2.28. The Labute approximate surface area is 89.2 Å². The number of benzene rings is 1. The Morgan fingerprint density at radius 1 is 1.57 bits per heavy atom. The van der Waals surface area contributed by atoms with Crippen molar-refractivity contribution in [2.24, 2.45) is 0 Å². The van der Waals surface area contributed by atoms with Gasteiger partial charge in [-0.3, -0.25) is 0 Å². The van der Waals surface area contributed by atoms with Crippen molar-refractivity contribution in [2.45, 2.75) is 6.92 Å². The van der Waals surface area contributed by atoms with Gasteiger partial charge in [-0.2, -0.15) is 0 Å². The van der Waals surface area contributed by atoms with Gasteiger partial charge in [-0.25, -0.2) is 0 Å². The zero-order valence-corrected chi connectivity index (χ0v) is 9.10. The van der Waals surface area contributed by atoms with Crippen LogP contribution in [0.15, 0.2) is 23.7 Å². The number of para-hydroxylation sites is 1. The van der Waals surface area contributed by atoms with Gasteiger partial charge in [0.15, 0.2) is 0 Å². The predicted octanol–water partition coefficient (Wildman–Crippen LogP) is 2.50. The Morgan fingerprint density at radius 2 is 2.29 bits per heavy atom. The lowest BCUT2D eigenvalue weighted by Gasteiger charge is -2.09. The van der Waals surface area contributed by atoms with E-state index in [1.807, 2.05) is 32.2 Å². The standard InChI is InChI=1S/C11H14ClNO/c1-8-4-3-5-10(11(8)14)9(6-12)7-13-2/h3-6,13-14H,7H2,1-2H3/b9-6-. The van der Waals surface area contributed by atoms with Crippen LogP contribution >= 0.6 is 11.6 Å². The topological polar surface area (TPSA) is 32.3 Å². The second kappa shape index (κ2) is 5.03. The largest absolute Gasteiger partial charge is 0.507 e. The average Bonchev–Trinajstić information content (AvgIpc) is 2.19. The fraction of sp³-hybridized carbons (Fsp3) is 0.273. The molecular formula is C11H14ClNO. The third kappa shape index (κ3) is 2.28. The fourth-order valence-corrected chi connectivity index (χ4v) is 1.50. The van der Waals surface area contributed by atoms with Crippen LogP contribution in [0.2, 0.25) is 0 Å². The third-order valence-corrected chi connectivity index (χ3v) is 2.35. The second-order valence-electron chi connectivity index (χ2n) is 3.14. The molecule has 0 spiro atoms. The van der Waals surface area contributed by atoms with Crippen molar-refractivity contribution in [3.05, 3.63) is 34.9 Å². The summed E-state index contributed by atoms with van der Waals surface area (Å²) >= 11 is 5.69. The van der Waals surface area contributed by atoms with E-state index in [4.69, 9.17) is 11.6 Å². The Hall–Kier alpha value is -0.990. The number of likely N-dealkylation sites (N-methyl/N-ethyl adjacent to an activating group) is 1. The Bertz CT molecular complexity index is 347. The molecule has 0 saturated heterocycles. The van der Waals surface area contributed by atoms with Gasteiger partial charge < -0.3 is 10.4 Å². The quantitative estimate of drug-likeness (QED) is 0.805. The smallest absolute Gasteiger partial charge is 0.126 e. The first kappa shape index (κ1) is 11.1. The van der Waals surface area contributed by atoms with E-state index in [1.54, 1.807) is 0 Å². The lowest BCUT2D eigenvalue weighted by atomic mass is 10.0. The van der Waals surface area contributed by atoms with Crippen LogP contribution in [0.25, 0.3) is 5.57 Å². The van der Waals surface area contributed by atoms with Crippen molar-refractivity contribution in [2.75, 3.05) is 13.6 Å². The normalized spacial score (nSPS) is 11.8. The first-order valence-corrected chi connectivity index (χ1v) is 4.87. The molecule has 1 aromatic rings. The van der Waals surface area contributed by atoms with Crippen molar-refractivity contribution in [3.63, 3.8) is 0 Å². The van der Waals surface area contributed by atoms with E-state index in [1.165, 1.54) is 5.54 Å². The molecule has 0 heterocycles. The SMILES string of the molecule is CNC/C(=C/Cl)c1cccc(C)c1O. The Morgan fingerprint density at radius 3 is 2.86 bits per heavy atom. The maximum absolute atomic E-state index is 9.80. The first-order chi connectivity index (χ1) is 6.70. The number of phenolic OH excluding ortho intramolecular Hbond substituents is 1. The van der Waals surface area contributed by atoms with Gasteiger partial charge >= 0.3 is 0 Å². The third-order valence-electron chi connectivity index (χ3n) is 2.08. The molecule has 2 nitrogen and oxygen atoms in total. The van der Waals surface area contributed by atoms with Crippen molar-refractivity contribution < 1.29 is 5.11 Å². The van der Waals surface area contributed by atoms with Crippen LogP contribution in [0.3, 0.4) is 0 Å². The highest BCUT2D eigenvalue weighted by atomic mass is 35.5. The van der Waals surface area contributed by atoms with Gasteiger partial charge in [-0.05, 0) is 25.1 Å². The molecule has 0 atom stereocenters.